The molecule has 0 aliphatic carbocycles. The van der Waals surface area contributed by atoms with Crippen molar-refractivity contribution in [2.24, 2.45) is 7.05 Å². The SMILES string of the molecule is COC(=O)C1(c2ccc(-c3cc(F)c(-c4nnn(C)c4NC(=O)OC(C)c4ccccc4)cc3F)cc2)CCOCC1. The van der Waals surface area contributed by atoms with Crippen molar-refractivity contribution >= 4 is 17.9 Å². The molecule has 0 spiro atoms. The van der Waals surface area contributed by atoms with Crippen molar-refractivity contribution < 1.29 is 32.6 Å². The molecule has 0 saturated carbocycles. The van der Waals surface area contributed by atoms with Crippen LogP contribution in [0.1, 0.15) is 37.0 Å². The number of aryl methyl sites for hydroxylation is 1. The average molecular weight is 577 g/mol. The topological polar surface area (TPSA) is 105 Å². The van der Waals surface area contributed by atoms with Gasteiger partial charge in [-0.2, -0.15) is 0 Å². The number of methoxy groups -OCH3 is 1. The molecule has 218 valence electrons. The molecule has 0 bridgehead atoms. The number of ether oxygens (including phenoxy) is 3. The lowest BCUT2D eigenvalue weighted by Gasteiger charge is -2.34. The summed E-state index contributed by atoms with van der Waals surface area (Å²) in [5.74, 6) is -1.78. The van der Waals surface area contributed by atoms with Gasteiger partial charge >= 0.3 is 12.1 Å². The summed E-state index contributed by atoms with van der Waals surface area (Å²) in [6.45, 7) is 2.55. The van der Waals surface area contributed by atoms with Gasteiger partial charge in [0, 0.05) is 31.4 Å². The number of carbonyl (C=O) groups is 2. The zero-order chi connectivity index (χ0) is 29.9. The summed E-state index contributed by atoms with van der Waals surface area (Å²) in [6, 6.07) is 18.0. The lowest BCUT2D eigenvalue weighted by molar-refractivity contribution is -0.151. The predicted molar refractivity (Wildman–Crippen MR) is 150 cm³/mol. The van der Waals surface area contributed by atoms with Crippen LogP contribution in [0.15, 0.2) is 66.7 Å². The molecule has 1 saturated heterocycles. The zero-order valence-corrected chi connectivity index (χ0v) is 23.4. The van der Waals surface area contributed by atoms with E-state index in [-0.39, 0.29) is 28.6 Å². The van der Waals surface area contributed by atoms with Crippen molar-refractivity contribution in [2.75, 3.05) is 25.6 Å². The third-order valence-electron chi connectivity index (χ3n) is 7.58. The minimum atomic E-state index is -0.853. The first kappa shape index (κ1) is 28.9. The number of benzene rings is 3. The highest BCUT2D eigenvalue weighted by Gasteiger charge is 2.42. The Kier molecular flexibility index (Phi) is 8.30. The quantitative estimate of drug-likeness (QED) is 0.271. The van der Waals surface area contributed by atoms with E-state index in [1.165, 1.54) is 18.8 Å². The normalized spacial score (nSPS) is 15.1. The number of hydrogen-bond acceptors (Lipinski definition) is 7. The van der Waals surface area contributed by atoms with E-state index in [2.05, 4.69) is 15.6 Å². The van der Waals surface area contributed by atoms with E-state index in [0.717, 1.165) is 23.3 Å². The van der Waals surface area contributed by atoms with Gasteiger partial charge in [-0.1, -0.05) is 59.8 Å². The van der Waals surface area contributed by atoms with Crippen molar-refractivity contribution in [1.29, 1.82) is 0 Å². The number of nitrogens with zero attached hydrogens (tertiary/aromatic N) is 3. The van der Waals surface area contributed by atoms with Crippen molar-refractivity contribution in [2.45, 2.75) is 31.3 Å². The molecule has 1 aliphatic rings. The van der Waals surface area contributed by atoms with Crippen LogP contribution in [0.3, 0.4) is 0 Å². The third kappa shape index (κ3) is 5.60. The summed E-state index contributed by atoms with van der Waals surface area (Å²) in [5, 5.41) is 10.4. The van der Waals surface area contributed by atoms with E-state index in [0.29, 0.717) is 31.6 Å². The van der Waals surface area contributed by atoms with E-state index in [4.69, 9.17) is 14.2 Å². The summed E-state index contributed by atoms with van der Waals surface area (Å²) in [5.41, 5.74) is 0.873. The molecule has 9 nitrogen and oxygen atoms in total. The van der Waals surface area contributed by atoms with Crippen LogP contribution < -0.4 is 5.32 Å². The maximum atomic E-state index is 15.5. The molecule has 1 atom stereocenters. The first-order chi connectivity index (χ1) is 20.2. The third-order valence-corrected chi connectivity index (χ3v) is 7.58. The fraction of sp³-hybridized carbons (Fsp3) is 0.290. The van der Waals surface area contributed by atoms with Crippen LogP contribution in [-0.2, 0) is 31.5 Å². The summed E-state index contributed by atoms with van der Waals surface area (Å²) >= 11 is 0. The van der Waals surface area contributed by atoms with Crippen LogP contribution in [-0.4, -0.2) is 47.4 Å². The predicted octanol–water partition coefficient (Wildman–Crippen LogP) is 5.96. The van der Waals surface area contributed by atoms with Gasteiger partial charge in [-0.25, -0.2) is 18.3 Å². The summed E-state index contributed by atoms with van der Waals surface area (Å²) in [4.78, 5) is 25.3. The minimum absolute atomic E-state index is 0.0244. The first-order valence-electron chi connectivity index (χ1n) is 13.4. The Hall–Kier alpha value is -4.64. The molecule has 1 aromatic heterocycles. The van der Waals surface area contributed by atoms with Crippen molar-refractivity contribution in [3.8, 4) is 22.4 Å². The molecule has 3 aromatic carbocycles. The number of nitrogens with one attached hydrogen (secondary N) is 1. The second-order valence-electron chi connectivity index (χ2n) is 10.1. The van der Waals surface area contributed by atoms with Crippen LogP contribution in [0.4, 0.5) is 19.4 Å². The van der Waals surface area contributed by atoms with E-state index in [9.17, 15) is 9.59 Å². The number of carbonyl (C=O) groups excluding carboxylic acids is 2. The number of rotatable bonds is 7. The van der Waals surface area contributed by atoms with E-state index in [1.54, 1.807) is 31.2 Å². The lowest BCUT2D eigenvalue weighted by Crippen LogP contribution is -2.42. The molecule has 1 aliphatic heterocycles. The van der Waals surface area contributed by atoms with Crippen molar-refractivity contribution in [3.63, 3.8) is 0 Å². The van der Waals surface area contributed by atoms with Gasteiger partial charge in [-0.15, -0.1) is 5.10 Å². The molecule has 42 heavy (non-hydrogen) atoms. The highest BCUT2D eigenvalue weighted by molar-refractivity contribution is 5.89. The van der Waals surface area contributed by atoms with Gasteiger partial charge in [0.1, 0.15) is 23.4 Å². The molecule has 1 N–H and O–H groups in total. The molecule has 4 aromatic rings. The van der Waals surface area contributed by atoms with Gasteiger partial charge in [0.15, 0.2) is 5.82 Å². The molecule has 1 amide bonds. The van der Waals surface area contributed by atoms with Gasteiger partial charge in [0.25, 0.3) is 0 Å². The maximum Gasteiger partial charge on any atom is 0.413 e. The number of amides is 1. The van der Waals surface area contributed by atoms with Crippen LogP contribution in [0, 0.1) is 11.6 Å². The second-order valence-corrected chi connectivity index (χ2v) is 10.1. The van der Waals surface area contributed by atoms with E-state index >= 15 is 8.78 Å². The fourth-order valence-corrected chi connectivity index (χ4v) is 5.20. The molecule has 1 fully saturated rings. The Bertz CT molecular complexity index is 1590. The monoisotopic (exact) mass is 576 g/mol. The van der Waals surface area contributed by atoms with Crippen LogP contribution in [0.5, 0.6) is 0 Å². The number of esters is 1. The molecular formula is C31H30F2N4O5. The fourth-order valence-electron chi connectivity index (χ4n) is 5.20. The standard InChI is InChI=1S/C31H30F2N4O5/c1-19(20-7-5-4-6-8-20)42-30(39)34-28-27(35-36-37(28)2)24-18-25(32)23(17-26(24)33)21-9-11-22(12-10-21)31(29(38)40-3)13-15-41-16-14-31/h4-12,17-19H,13-16H2,1-3H3,(H,34,39). The van der Waals surface area contributed by atoms with Crippen molar-refractivity contribution in [3.05, 3.63) is 89.5 Å². The Labute approximate surface area is 241 Å². The number of halogens is 2. The largest absolute Gasteiger partial charge is 0.468 e. The van der Waals surface area contributed by atoms with Crippen LogP contribution in [0.25, 0.3) is 22.4 Å². The molecular weight excluding hydrogens is 546 g/mol. The second kappa shape index (κ2) is 12.1. The van der Waals surface area contributed by atoms with Gasteiger partial charge in [0.05, 0.1) is 12.5 Å². The first-order valence-corrected chi connectivity index (χ1v) is 13.4. The highest BCUT2D eigenvalue weighted by atomic mass is 19.1. The Morgan fingerprint density at radius 1 is 1.00 bits per heavy atom. The highest BCUT2D eigenvalue weighted by Crippen LogP contribution is 2.38. The summed E-state index contributed by atoms with van der Waals surface area (Å²) in [7, 11) is 2.86. The Morgan fingerprint density at radius 2 is 1.64 bits per heavy atom. The van der Waals surface area contributed by atoms with Crippen LogP contribution >= 0.6 is 0 Å². The van der Waals surface area contributed by atoms with Gasteiger partial charge in [-0.05, 0) is 48.6 Å². The lowest BCUT2D eigenvalue weighted by atomic mass is 9.74. The summed E-state index contributed by atoms with van der Waals surface area (Å²) < 4.78 is 48.1. The van der Waals surface area contributed by atoms with Crippen LogP contribution in [0.2, 0.25) is 0 Å². The minimum Gasteiger partial charge on any atom is -0.468 e. The van der Waals surface area contributed by atoms with Gasteiger partial charge in [-0.3, -0.25) is 10.1 Å². The van der Waals surface area contributed by atoms with Gasteiger partial charge < -0.3 is 14.2 Å². The molecule has 5 rings (SSSR count). The molecule has 2 heterocycles. The van der Waals surface area contributed by atoms with E-state index in [1.807, 2.05) is 30.3 Å². The Morgan fingerprint density at radius 3 is 2.31 bits per heavy atom. The molecule has 11 heteroatoms. The average Bonchev–Trinajstić information content (AvgIpc) is 3.37. The van der Waals surface area contributed by atoms with Crippen molar-refractivity contribution in [1.82, 2.24) is 15.0 Å². The van der Waals surface area contributed by atoms with Gasteiger partial charge in [0.2, 0.25) is 0 Å². The number of hydrogen-bond donors (Lipinski definition) is 1. The molecule has 0 radical (unpaired) electrons. The zero-order valence-electron chi connectivity index (χ0n) is 23.4. The number of aromatic nitrogens is 3. The maximum absolute atomic E-state index is 15.5. The summed E-state index contributed by atoms with van der Waals surface area (Å²) in [6.07, 6.45) is -0.428. The number of anilines is 1. The smallest absolute Gasteiger partial charge is 0.413 e. The molecule has 1 unspecified atom stereocenters. The Balaban J connectivity index is 1.39. The van der Waals surface area contributed by atoms with E-state index < -0.39 is 29.2 Å².